The molecule has 0 radical (unpaired) electrons. The molecule has 2 N–H and O–H groups in total. The Balaban J connectivity index is 2.41. The van der Waals surface area contributed by atoms with Gasteiger partial charge >= 0.3 is 24.3 Å². The summed E-state index contributed by atoms with van der Waals surface area (Å²) in [5.41, 5.74) is -6.94. The first-order chi connectivity index (χ1) is 15.3. The zero-order valence-electron chi connectivity index (χ0n) is 16.4. The van der Waals surface area contributed by atoms with E-state index in [0.29, 0.717) is 12.1 Å². The predicted molar refractivity (Wildman–Crippen MR) is 104 cm³/mol. The van der Waals surface area contributed by atoms with Gasteiger partial charge in [-0.25, -0.2) is 9.59 Å². The number of carbonyl (C=O) groups is 2. The van der Waals surface area contributed by atoms with E-state index < -0.39 is 52.0 Å². The number of carboxylic acid groups (broad SMARTS) is 2. The quantitative estimate of drug-likeness (QED) is 0.356. The van der Waals surface area contributed by atoms with Crippen LogP contribution in [0, 0.1) is 0 Å². The van der Waals surface area contributed by atoms with E-state index in [1.54, 1.807) is 0 Å². The molecule has 33 heavy (non-hydrogen) atoms. The van der Waals surface area contributed by atoms with Crippen LogP contribution in [0.15, 0.2) is 72.8 Å². The first-order valence-corrected chi connectivity index (χ1v) is 9.20. The van der Waals surface area contributed by atoms with Gasteiger partial charge in [0.2, 0.25) is 0 Å². The number of halogens is 6. The van der Waals surface area contributed by atoms with E-state index >= 15 is 0 Å². The first-order valence-electron chi connectivity index (χ1n) is 9.20. The molecule has 4 nitrogen and oxygen atoms in total. The molecule has 0 heterocycles. The SMILES string of the molecule is O=C(O)c1ccc(C(c2ccc(C(=O)O)cc2)(c2cccc(C(F)(F)F)c2)C(F)(F)F)cc1. The molecule has 0 saturated carbocycles. The monoisotopic (exact) mass is 468 g/mol. The molecule has 0 aliphatic carbocycles. The van der Waals surface area contributed by atoms with E-state index in [0.717, 1.165) is 60.7 Å². The Kier molecular flexibility index (Phi) is 5.97. The molecular formula is C23H14F6O4. The minimum atomic E-state index is -5.20. The van der Waals surface area contributed by atoms with Crippen molar-refractivity contribution in [1.29, 1.82) is 0 Å². The number of benzene rings is 3. The molecule has 10 heteroatoms. The third kappa shape index (κ3) is 4.28. The second-order valence-corrected chi connectivity index (χ2v) is 7.09. The minimum absolute atomic E-state index is 0.319. The van der Waals surface area contributed by atoms with Crippen LogP contribution in [0.1, 0.15) is 43.0 Å². The van der Waals surface area contributed by atoms with E-state index in [4.69, 9.17) is 10.2 Å². The van der Waals surface area contributed by atoms with E-state index in [1.807, 2.05) is 0 Å². The molecule has 0 aliphatic rings. The van der Waals surface area contributed by atoms with E-state index in [2.05, 4.69) is 0 Å². The second-order valence-electron chi connectivity index (χ2n) is 7.09. The van der Waals surface area contributed by atoms with Crippen LogP contribution in [-0.4, -0.2) is 28.3 Å². The Morgan fingerprint density at radius 3 is 1.30 bits per heavy atom. The fourth-order valence-electron chi connectivity index (χ4n) is 3.65. The van der Waals surface area contributed by atoms with Crippen molar-refractivity contribution in [2.75, 3.05) is 0 Å². The van der Waals surface area contributed by atoms with Crippen molar-refractivity contribution in [3.05, 3.63) is 106 Å². The van der Waals surface area contributed by atoms with Gasteiger partial charge < -0.3 is 10.2 Å². The Morgan fingerprint density at radius 1 is 0.576 bits per heavy atom. The Morgan fingerprint density at radius 2 is 0.970 bits per heavy atom. The lowest BCUT2D eigenvalue weighted by molar-refractivity contribution is -0.167. The molecule has 0 aliphatic heterocycles. The zero-order chi connectivity index (χ0) is 24.6. The smallest absolute Gasteiger partial charge is 0.416 e. The number of hydrogen-bond acceptors (Lipinski definition) is 2. The fourth-order valence-corrected chi connectivity index (χ4v) is 3.65. The van der Waals surface area contributed by atoms with Crippen LogP contribution in [0.2, 0.25) is 0 Å². The van der Waals surface area contributed by atoms with Crippen molar-refractivity contribution < 1.29 is 46.1 Å². The lowest BCUT2D eigenvalue weighted by Crippen LogP contribution is -2.44. The molecule has 0 saturated heterocycles. The molecule has 0 spiro atoms. The maximum Gasteiger partial charge on any atom is 0.416 e. The van der Waals surface area contributed by atoms with Gasteiger partial charge in [0.1, 0.15) is 5.41 Å². The normalized spacial score (nSPS) is 12.4. The third-order valence-electron chi connectivity index (χ3n) is 5.18. The number of hydrogen-bond donors (Lipinski definition) is 2. The molecule has 0 amide bonds. The van der Waals surface area contributed by atoms with Crippen molar-refractivity contribution >= 4 is 11.9 Å². The topological polar surface area (TPSA) is 74.6 Å². The van der Waals surface area contributed by atoms with Crippen molar-refractivity contribution in [1.82, 2.24) is 0 Å². The maximum atomic E-state index is 14.9. The van der Waals surface area contributed by atoms with Crippen LogP contribution in [0.4, 0.5) is 26.3 Å². The molecule has 0 aromatic heterocycles. The highest BCUT2D eigenvalue weighted by Crippen LogP contribution is 2.52. The summed E-state index contributed by atoms with van der Waals surface area (Å²) in [4.78, 5) is 22.3. The van der Waals surface area contributed by atoms with Gasteiger partial charge in [0.05, 0.1) is 16.7 Å². The van der Waals surface area contributed by atoms with Gasteiger partial charge in [0.25, 0.3) is 0 Å². The van der Waals surface area contributed by atoms with Crippen molar-refractivity contribution in [2.45, 2.75) is 17.8 Å². The van der Waals surface area contributed by atoms with Crippen LogP contribution in [-0.2, 0) is 11.6 Å². The van der Waals surface area contributed by atoms with Gasteiger partial charge in [-0.15, -0.1) is 0 Å². The van der Waals surface area contributed by atoms with Crippen LogP contribution in [0.5, 0.6) is 0 Å². The molecule has 3 rings (SSSR count). The fraction of sp³-hybridized carbons (Fsp3) is 0.130. The van der Waals surface area contributed by atoms with Gasteiger partial charge in [-0.05, 0) is 47.0 Å². The largest absolute Gasteiger partial charge is 0.478 e. The summed E-state index contributed by atoms with van der Waals surface area (Å²) in [6, 6.07) is 9.91. The molecular weight excluding hydrogens is 454 g/mol. The molecule has 0 atom stereocenters. The van der Waals surface area contributed by atoms with Crippen LogP contribution >= 0.6 is 0 Å². The molecule has 3 aromatic rings. The van der Waals surface area contributed by atoms with Gasteiger partial charge in [0.15, 0.2) is 0 Å². The summed E-state index contributed by atoms with van der Waals surface area (Å²) >= 11 is 0. The highest BCUT2D eigenvalue weighted by molar-refractivity contribution is 5.88. The van der Waals surface area contributed by atoms with Gasteiger partial charge in [-0.3, -0.25) is 0 Å². The van der Waals surface area contributed by atoms with Crippen molar-refractivity contribution in [2.24, 2.45) is 0 Å². The van der Waals surface area contributed by atoms with Gasteiger partial charge in [-0.2, -0.15) is 26.3 Å². The molecule has 0 bridgehead atoms. The van der Waals surface area contributed by atoms with E-state index in [1.165, 1.54) is 0 Å². The Labute approximate surface area is 182 Å². The van der Waals surface area contributed by atoms with Crippen LogP contribution in [0.25, 0.3) is 0 Å². The first kappa shape index (κ1) is 23.8. The highest BCUT2D eigenvalue weighted by atomic mass is 19.4. The lowest BCUT2D eigenvalue weighted by atomic mass is 9.68. The second kappa shape index (κ2) is 8.27. The summed E-state index contributed by atoms with van der Waals surface area (Å²) in [5.74, 6) is -2.80. The number of carboxylic acids is 2. The summed E-state index contributed by atoms with van der Waals surface area (Å²) < 4.78 is 84.6. The Bertz CT molecular complexity index is 1120. The van der Waals surface area contributed by atoms with E-state index in [-0.39, 0.29) is 11.1 Å². The van der Waals surface area contributed by atoms with Gasteiger partial charge in [0, 0.05) is 0 Å². The Hall–Kier alpha value is -3.82. The predicted octanol–water partition coefficient (Wildman–Crippen LogP) is 6.00. The molecule has 3 aromatic carbocycles. The average Bonchev–Trinajstić information content (AvgIpc) is 2.73. The van der Waals surface area contributed by atoms with Crippen molar-refractivity contribution in [3.8, 4) is 0 Å². The maximum absolute atomic E-state index is 14.9. The number of rotatable bonds is 5. The third-order valence-corrected chi connectivity index (χ3v) is 5.18. The lowest BCUT2D eigenvalue weighted by Gasteiger charge is -2.38. The molecule has 0 unspecified atom stereocenters. The van der Waals surface area contributed by atoms with E-state index in [9.17, 15) is 35.9 Å². The number of alkyl halides is 6. The summed E-state index contributed by atoms with van der Waals surface area (Å²) in [7, 11) is 0. The minimum Gasteiger partial charge on any atom is -0.478 e. The highest BCUT2D eigenvalue weighted by Gasteiger charge is 2.58. The zero-order valence-corrected chi connectivity index (χ0v) is 16.4. The summed E-state index contributed by atoms with van der Waals surface area (Å²) in [6.45, 7) is 0. The average molecular weight is 468 g/mol. The molecule has 172 valence electrons. The number of aromatic carboxylic acids is 2. The van der Waals surface area contributed by atoms with Crippen LogP contribution < -0.4 is 0 Å². The summed E-state index contributed by atoms with van der Waals surface area (Å²) in [5, 5.41) is 18.2. The van der Waals surface area contributed by atoms with Crippen molar-refractivity contribution in [3.63, 3.8) is 0 Å². The summed E-state index contributed by atoms with van der Waals surface area (Å²) in [6.07, 6.45) is -10.1. The van der Waals surface area contributed by atoms with Gasteiger partial charge in [-0.1, -0.05) is 42.5 Å². The van der Waals surface area contributed by atoms with Crippen LogP contribution in [0.3, 0.4) is 0 Å². The standard InChI is InChI=1S/C23H14F6O4/c24-22(25,26)18-3-1-2-17(12-18)21(23(27,28)29,15-8-4-13(5-9-15)19(30)31)16-10-6-14(7-11-16)20(32)33/h1-12H,(H,30,31)(H,32,33). The molecule has 0 fully saturated rings.